The van der Waals surface area contributed by atoms with Crippen molar-refractivity contribution in [3.63, 3.8) is 0 Å². The van der Waals surface area contributed by atoms with Crippen LogP contribution in [-0.2, 0) is 6.54 Å². The Kier molecular flexibility index (Phi) is 4.79. The third-order valence-corrected chi connectivity index (χ3v) is 3.16. The molecular formula is C13H13ClN2O5. The zero-order chi connectivity index (χ0) is 15.4. The summed E-state index contributed by atoms with van der Waals surface area (Å²) in [5.74, 6) is 0.0709. The molecule has 0 saturated carbocycles. The molecule has 7 nitrogen and oxygen atoms in total. The number of halogens is 1. The molecule has 112 valence electrons. The Balaban J connectivity index is 2.18. The number of aliphatic hydroxyl groups is 1. The summed E-state index contributed by atoms with van der Waals surface area (Å²) in [5, 5.41) is 33.1. The number of hydrogen-bond acceptors (Lipinski definition) is 6. The molecule has 0 aliphatic rings. The van der Waals surface area contributed by atoms with Crippen molar-refractivity contribution in [2.45, 2.75) is 12.6 Å². The van der Waals surface area contributed by atoms with Gasteiger partial charge in [0.1, 0.15) is 5.76 Å². The third-order valence-electron chi connectivity index (χ3n) is 2.94. The molecule has 0 bridgehead atoms. The second-order valence-electron chi connectivity index (χ2n) is 4.32. The number of rotatable bonds is 6. The molecule has 0 aliphatic carbocycles. The summed E-state index contributed by atoms with van der Waals surface area (Å²) in [6.45, 7) is -0.143. The number of benzene rings is 1. The normalized spacial score (nSPS) is 12.3. The van der Waals surface area contributed by atoms with Crippen LogP contribution in [0.5, 0.6) is 5.75 Å². The number of hydrogen-bond donors (Lipinski definition) is 3. The lowest BCUT2D eigenvalue weighted by Crippen LogP contribution is -2.23. The van der Waals surface area contributed by atoms with E-state index in [0.717, 1.165) is 6.07 Å². The number of aromatic hydroxyl groups is 1. The minimum Gasteiger partial charge on any atom is -0.502 e. The highest BCUT2D eigenvalue weighted by Gasteiger charge is 2.20. The number of aliphatic hydroxyl groups excluding tert-OH is 1. The van der Waals surface area contributed by atoms with Gasteiger partial charge in [0.2, 0.25) is 0 Å². The Hall–Kier alpha value is -2.09. The predicted octanol–water partition coefficient (Wildman–Crippen LogP) is 2.37. The zero-order valence-electron chi connectivity index (χ0n) is 10.8. The molecule has 0 fully saturated rings. The van der Waals surface area contributed by atoms with E-state index < -0.39 is 22.4 Å². The molecule has 1 aromatic carbocycles. The molecule has 0 aliphatic heterocycles. The molecule has 0 radical (unpaired) electrons. The summed E-state index contributed by atoms with van der Waals surface area (Å²) >= 11 is 5.80. The summed E-state index contributed by atoms with van der Waals surface area (Å²) in [6.07, 6.45) is 1.47. The van der Waals surface area contributed by atoms with Crippen LogP contribution in [0.1, 0.15) is 17.4 Å². The second-order valence-corrected chi connectivity index (χ2v) is 4.76. The van der Waals surface area contributed by atoms with Crippen LogP contribution < -0.4 is 5.32 Å². The Morgan fingerprint density at radius 3 is 2.81 bits per heavy atom. The lowest BCUT2D eigenvalue weighted by atomic mass is 10.1. The summed E-state index contributed by atoms with van der Waals surface area (Å²) in [6, 6.07) is 5.39. The van der Waals surface area contributed by atoms with Gasteiger partial charge in [-0.15, -0.1) is 0 Å². The number of nitro groups is 1. The standard InChI is InChI=1S/C13H13ClN2O5/c14-9-4-8(13(18)11(5-9)16(19)20)6-15-10(7-17)12-2-1-3-21-12/h1-5,10,15,17-18H,6-7H2. The Labute approximate surface area is 124 Å². The zero-order valence-corrected chi connectivity index (χ0v) is 11.6. The van der Waals surface area contributed by atoms with Gasteiger partial charge in [-0.25, -0.2) is 0 Å². The van der Waals surface area contributed by atoms with E-state index in [1.807, 2.05) is 0 Å². The van der Waals surface area contributed by atoms with E-state index in [9.17, 15) is 20.3 Å². The van der Waals surface area contributed by atoms with Crippen LogP contribution in [0.25, 0.3) is 0 Å². The number of phenolic OH excluding ortho intramolecular Hbond substituents is 1. The first kappa shape index (κ1) is 15.3. The first-order valence-corrected chi connectivity index (χ1v) is 6.44. The average Bonchev–Trinajstić information content (AvgIpc) is 2.96. The maximum atomic E-state index is 10.8. The number of phenols is 1. The van der Waals surface area contributed by atoms with Gasteiger partial charge in [0.25, 0.3) is 0 Å². The minimum absolute atomic E-state index is 0.0825. The van der Waals surface area contributed by atoms with Crippen LogP contribution in [-0.4, -0.2) is 21.7 Å². The molecule has 1 unspecified atom stereocenters. The second kappa shape index (κ2) is 6.57. The summed E-state index contributed by atoms with van der Waals surface area (Å²) in [4.78, 5) is 10.1. The SMILES string of the molecule is O=[N+]([O-])c1cc(Cl)cc(CNC(CO)c2ccco2)c1O. The van der Waals surface area contributed by atoms with E-state index in [1.165, 1.54) is 12.3 Å². The minimum atomic E-state index is -0.708. The van der Waals surface area contributed by atoms with Crippen LogP contribution in [0.4, 0.5) is 5.69 Å². The monoisotopic (exact) mass is 312 g/mol. The van der Waals surface area contributed by atoms with Crippen LogP contribution >= 0.6 is 11.6 Å². The molecular weight excluding hydrogens is 300 g/mol. The van der Waals surface area contributed by atoms with Gasteiger partial charge in [-0.1, -0.05) is 11.6 Å². The van der Waals surface area contributed by atoms with Crippen LogP contribution in [0.2, 0.25) is 5.02 Å². The third kappa shape index (κ3) is 3.52. The van der Waals surface area contributed by atoms with Crippen molar-refractivity contribution < 1.29 is 19.6 Å². The van der Waals surface area contributed by atoms with E-state index >= 15 is 0 Å². The summed E-state index contributed by atoms with van der Waals surface area (Å²) in [7, 11) is 0. The molecule has 21 heavy (non-hydrogen) atoms. The molecule has 1 atom stereocenters. The molecule has 1 heterocycles. The fraction of sp³-hybridized carbons (Fsp3) is 0.231. The van der Waals surface area contributed by atoms with E-state index in [1.54, 1.807) is 12.1 Å². The number of nitro benzene ring substituents is 1. The van der Waals surface area contributed by atoms with Crippen LogP contribution in [0, 0.1) is 10.1 Å². The topological polar surface area (TPSA) is 109 Å². The Morgan fingerprint density at radius 2 is 2.24 bits per heavy atom. The fourth-order valence-corrected chi connectivity index (χ4v) is 2.13. The van der Waals surface area contributed by atoms with Gasteiger partial charge in [0, 0.05) is 23.2 Å². The van der Waals surface area contributed by atoms with E-state index in [0.29, 0.717) is 5.76 Å². The Morgan fingerprint density at radius 1 is 1.48 bits per heavy atom. The lowest BCUT2D eigenvalue weighted by molar-refractivity contribution is -0.385. The smallest absolute Gasteiger partial charge is 0.312 e. The van der Waals surface area contributed by atoms with Gasteiger partial charge in [-0.05, 0) is 18.2 Å². The fourth-order valence-electron chi connectivity index (χ4n) is 1.89. The van der Waals surface area contributed by atoms with Gasteiger partial charge >= 0.3 is 5.69 Å². The van der Waals surface area contributed by atoms with Gasteiger partial charge in [0.15, 0.2) is 5.75 Å². The van der Waals surface area contributed by atoms with Crippen molar-refractivity contribution in [3.8, 4) is 5.75 Å². The highest BCUT2D eigenvalue weighted by atomic mass is 35.5. The number of nitrogens with zero attached hydrogens (tertiary/aromatic N) is 1. The largest absolute Gasteiger partial charge is 0.502 e. The van der Waals surface area contributed by atoms with Gasteiger partial charge < -0.3 is 19.9 Å². The molecule has 8 heteroatoms. The first-order valence-electron chi connectivity index (χ1n) is 6.06. The van der Waals surface area contributed by atoms with Gasteiger partial charge in [0.05, 0.1) is 23.8 Å². The van der Waals surface area contributed by atoms with E-state index in [2.05, 4.69) is 5.32 Å². The average molecular weight is 313 g/mol. The lowest BCUT2D eigenvalue weighted by Gasteiger charge is -2.14. The molecule has 0 saturated heterocycles. The highest BCUT2D eigenvalue weighted by Crippen LogP contribution is 2.33. The summed E-state index contributed by atoms with van der Waals surface area (Å²) < 4.78 is 5.17. The highest BCUT2D eigenvalue weighted by molar-refractivity contribution is 6.31. The van der Waals surface area contributed by atoms with Crippen molar-refractivity contribution in [2.75, 3.05) is 6.61 Å². The molecule has 0 spiro atoms. The molecule has 3 N–H and O–H groups in total. The van der Waals surface area contributed by atoms with Crippen molar-refractivity contribution in [1.29, 1.82) is 0 Å². The number of nitrogens with one attached hydrogen (secondary N) is 1. The van der Waals surface area contributed by atoms with Crippen molar-refractivity contribution in [1.82, 2.24) is 5.32 Å². The molecule has 1 aromatic heterocycles. The molecule has 0 amide bonds. The van der Waals surface area contributed by atoms with Crippen molar-refractivity contribution in [3.05, 3.63) is 57.0 Å². The summed E-state index contributed by atoms with van der Waals surface area (Å²) in [5.41, 5.74) is -0.197. The predicted molar refractivity (Wildman–Crippen MR) is 75.1 cm³/mol. The van der Waals surface area contributed by atoms with E-state index in [4.69, 9.17) is 16.0 Å². The quantitative estimate of drug-likeness (QED) is 0.558. The van der Waals surface area contributed by atoms with Crippen molar-refractivity contribution in [2.24, 2.45) is 0 Å². The van der Waals surface area contributed by atoms with Gasteiger partial charge in [-0.2, -0.15) is 0 Å². The number of furan rings is 1. The van der Waals surface area contributed by atoms with E-state index in [-0.39, 0.29) is 23.7 Å². The van der Waals surface area contributed by atoms with Gasteiger partial charge in [-0.3, -0.25) is 10.1 Å². The maximum absolute atomic E-state index is 10.8. The first-order chi connectivity index (χ1) is 10.0. The van der Waals surface area contributed by atoms with Crippen LogP contribution in [0.15, 0.2) is 34.9 Å². The maximum Gasteiger partial charge on any atom is 0.312 e. The Bertz CT molecular complexity index is 630. The van der Waals surface area contributed by atoms with Crippen LogP contribution in [0.3, 0.4) is 0 Å². The molecule has 2 aromatic rings. The molecule has 2 rings (SSSR count). The van der Waals surface area contributed by atoms with Crippen molar-refractivity contribution >= 4 is 17.3 Å².